The van der Waals surface area contributed by atoms with Gasteiger partial charge in [-0.05, 0) is 53.3 Å². The van der Waals surface area contributed by atoms with Crippen LogP contribution in [0.5, 0.6) is 0 Å². The first-order chi connectivity index (χ1) is 12.6. The maximum absolute atomic E-state index is 5.86. The highest BCUT2D eigenvalue weighted by Gasteiger charge is 2.03. The van der Waals surface area contributed by atoms with Gasteiger partial charge in [0.05, 0.1) is 11.4 Å². The largest absolute Gasteiger partial charge is 0.399 e. The highest BCUT2D eigenvalue weighted by molar-refractivity contribution is 6.00. The van der Waals surface area contributed by atoms with Gasteiger partial charge in [-0.15, -0.1) is 0 Å². The first kappa shape index (κ1) is 17.3. The van der Waals surface area contributed by atoms with Crippen LogP contribution in [0.15, 0.2) is 79.1 Å². The molecule has 1 aromatic heterocycles. The van der Waals surface area contributed by atoms with Crippen molar-refractivity contribution in [3.8, 4) is 11.1 Å². The summed E-state index contributed by atoms with van der Waals surface area (Å²) in [5.41, 5.74) is 22.8. The molecule has 0 saturated carbocycles. The Morgan fingerprint density at radius 1 is 0.731 bits per heavy atom. The normalized spacial score (nSPS) is 10.2. The molecule has 0 aliphatic carbocycles. The smallest absolute Gasteiger partial charge is 0.0627 e. The summed E-state index contributed by atoms with van der Waals surface area (Å²) in [6.45, 7) is 2.04. The maximum atomic E-state index is 5.86. The van der Waals surface area contributed by atoms with Crippen LogP contribution < -0.4 is 17.2 Å². The third kappa shape index (κ3) is 3.75. The van der Waals surface area contributed by atoms with Crippen molar-refractivity contribution in [3.63, 3.8) is 0 Å². The van der Waals surface area contributed by atoms with Gasteiger partial charge in [-0.25, -0.2) is 0 Å². The lowest BCUT2D eigenvalue weighted by molar-refractivity contribution is 1.33. The molecule has 0 atom stereocenters. The Morgan fingerprint density at radius 3 is 2.08 bits per heavy atom. The SMILES string of the molecule is Cc1cc(N)c(N)c2ccccc12.Nc1ccc(-c2cccnc2)cc1. The van der Waals surface area contributed by atoms with Gasteiger partial charge in [0.1, 0.15) is 0 Å². The van der Waals surface area contributed by atoms with Crippen molar-refractivity contribution in [2.45, 2.75) is 6.92 Å². The van der Waals surface area contributed by atoms with Gasteiger partial charge in [-0.1, -0.05) is 42.5 Å². The highest BCUT2D eigenvalue weighted by Crippen LogP contribution is 2.29. The molecule has 0 fully saturated rings. The summed E-state index contributed by atoms with van der Waals surface area (Å²) in [7, 11) is 0. The number of aryl methyl sites for hydroxylation is 1. The number of rotatable bonds is 1. The van der Waals surface area contributed by atoms with E-state index in [1.165, 1.54) is 10.9 Å². The van der Waals surface area contributed by atoms with Crippen LogP contribution in [0.3, 0.4) is 0 Å². The van der Waals surface area contributed by atoms with Crippen LogP contribution in [-0.4, -0.2) is 4.98 Å². The number of nitrogens with zero attached hydrogens (tertiary/aromatic N) is 1. The molecule has 4 rings (SSSR count). The molecule has 4 nitrogen and oxygen atoms in total. The lowest BCUT2D eigenvalue weighted by atomic mass is 10.0. The molecule has 0 saturated heterocycles. The number of nitrogen functional groups attached to an aromatic ring is 3. The van der Waals surface area contributed by atoms with Gasteiger partial charge in [0.15, 0.2) is 0 Å². The van der Waals surface area contributed by atoms with Gasteiger partial charge < -0.3 is 17.2 Å². The molecule has 0 radical (unpaired) electrons. The Morgan fingerprint density at radius 2 is 1.42 bits per heavy atom. The molecule has 0 bridgehead atoms. The first-order valence-corrected chi connectivity index (χ1v) is 8.35. The standard InChI is InChI=1S/C11H12N2.C11H10N2/c1-7-6-10(12)11(13)9-5-3-2-4-8(7)9;12-11-5-3-9(4-6-11)10-2-1-7-13-8-10/h2-6H,12-13H2,1H3;1-8H,12H2. The fourth-order valence-electron chi connectivity index (χ4n) is 2.82. The minimum absolute atomic E-state index is 0.663. The van der Waals surface area contributed by atoms with Crippen molar-refractivity contribution >= 4 is 27.8 Å². The van der Waals surface area contributed by atoms with E-state index < -0.39 is 0 Å². The zero-order chi connectivity index (χ0) is 18.5. The molecule has 26 heavy (non-hydrogen) atoms. The number of fused-ring (bicyclic) bond motifs is 1. The Hall–Kier alpha value is -3.53. The van der Waals surface area contributed by atoms with Crippen LogP contribution in [-0.2, 0) is 0 Å². The van der Waals surface area contributed by atoms with Crippen LogP contribution in [0.1, 0.15) is 5.56 Å². The fourth-order valence-corrected chi connectivity index (χ4v) is 2.82. The lowest BCUT2D eigenvalue weighted by Gasteiger charge is -2.07. The van der Waals surface area contributed by atoms with Crippen molar-refractivity contribution < 1.29 is 0 Å². The average molecular weight is 342 g/mol. The Kier molecular flexibility index (Phi) is 5.04. The van der Waals surface area contributed by atoms with Crippen molar-refractivity contribution in [1.82, 2.24) is 4.98 Å². The lowest BCUT2D eigenvalue weighted by Crippen LogP contribution is -1.96. The average Bonchev–Trinajstić information content (AvgIpc) is 2.68. The van der Waals surface area contributed by atoms with Crippen LogP contribution in [0.2, 0.25) is 0 Å². The van der Waals surface area contributed by atoms with E-state index in [0.29, 0.717) is 11.4 Å². The number of hydrogen-bond acceptors (Lipinski definition) is 4. The molecular weight excluding hydrogens is 320 g/mol. The molecule has 0 aliphatic rings. The molecule has 0 spiro atoms. The van der Waals surface area contributed by atoms with Crippen molar-refractivity contribution in [2.24, 2.45) is 0 Å². The zero-order valence-corrected chi connectivity index (χ0v) is 14.7. The summed E-state index contributed by atoms with van der Waals surface area (Å²) in [5.74, 6) is 0. The molecule has 130 valence electrons. The molecule has 6 N–H and O–H groups in total. The van der Waals surface area contributed by atoms with E-state index in [1.54, 1.807) is 6.20 Å². The van der Waals surface area contributed by atoms with Gasteiger partial charge in [0.25, 0.3) is 0 Å². The van der Waals surface area contributed by atoms with E-state index in [-0.39, 0.29) is 0 Å². The molecular formula is C22H22N4. The molecule has 1 heterocycles. The Bertz CT molecular complexity index is 1010. The van der Waals surface area contributed by atoms with Crippen molar-refractivity contribution in [1.29, 1.82) is 0 Å². The van der Waals surface area contributed by atoms with E-state index in [0.717, 1.165) is 22.2 Å². The van der Waals surface area contributed by atoms with E-state index in [1.807, 2.05) is 73.8 Å². The summed E-state index contributed by atoms with van der Waals surface area (Å²) < 4.78 is 0. The predicted molar refractivity (Wildman–Crippen MR) is 112 cm³/mol. The summed E-state index contributed by atoms with van der Waals surface area (Å²) in [5, 5.41) is 2.22. The summed E-state index contributed by atoms with van der Waals surface area (Å²) in [6.07, 6.45) is 3.60. The van der Waals surface area contributed by atoms with E-state index in [4.69, 9.17) is 17.2 Å². The first-order valence-electron chi connectivity index (χ1n) is 8.35. The third-order valence-electron chi connectivity index (χ3n) is 4.23. The second-order valence-corrected chi connectivity index (χ2v) is 6.11. The molecule has 4 aromatic rings. The number of pyridine rings is 1. The topological polar surface area (TPSA) is 91.0 Å². The van der Waals surface area contributed by atoms with Crippen LogP contribution >= 0.6 is 0 Å². The molecule has 3 aromatic carbocycles. The minimum Gasteiger partial charge on any atom is -0.399 e. The van der Waals surface area contributed by atoms with E-state index in [2.05, 4.69) is 11.1 Å². The van der Waals surface area contributed by atoms with Crippen LogP contribution in [0.25, 0.3) is 21.9 Å². The molecule has 0 unspecified atom stereocenters. The van der Waals surface area contributed by atoms with Gasteiger partial charge in [0.2, 0.25) is 0 Å². The zero-order valence-electron chi connectivity index (χ0n) is 14.7. The summed E-state index contributed by atoms with van der Waals surface area (Å²) in [4.78, 5) is 4.05. The fraction of sp³-hybridized carbons (Fsp3) is 0.0455. The van der Waals surface area contributed by atoms with Crippen LogP contribution in [0.4, 0.5) is 17.1 Å². The van der Waals surface area contributed by atoms with Gasteiger partial charge in [0, 0.05) is 23.5 Å². The maximum Gasteiger partial charge on any atom is 0.0627 e. The van der Waals surface area contributed by atoms with E-state index in [9.17, 15) is 0 Å². The van der Waals surface area contributed by atoms with Crippen LogP contribution in [0, 0.1) is 6.92 Å². The number of aromatic nitrogens is 1. The summed E-state index contributed by atoms with van der Waals surface area (Å²) >= 11 is 0. The minimum atomic E-state index is 0.663. The van der Waals surface area contributed by atoms with Crippen molar-refractivity contribution in [3.05, 3.63) is 84.7 Å². The summed E-state index contributed by atoms with van der Waals surface area (Å²) in [6, 6.07) is 21.7. The second kappa shape index (κ2) is 7.57. The molecule has 0 aliphatic heterocycles. The van der Waals surface area contributed by atoms with Gasteiger partial charge in [-0.2, -0.15) is 0 Å². The quantitative estimate of drug-likeness (QED) is 0.439. The second-order valence-electron chi connectivity index (χ2n) is 6.11. The van der Waals surface area contributed by atoms with E-state index >= 15 is 0 Å². The molecule has 4 heteroatoms. The predicted octanol–water partition coefficient (Wildman–Crippen LogP) is 4.64. The monoisotopic (exact) mass is 342 g/mol. The Labute approximate surface area is 153 Å². The third-order valence-corrected chi connectivity index (χ3v) is 4.23. The number of benzene rings is 3. The number of nitrogens with two attached hydrogens (primary N) is 3. The van der Waals surface area contributed by atoms with Gasteiger partial charge >= 0.3 is 0 Å². The Balaban J connectivity index is 0.000000151. The number of anilines is 3. The number of hydrogen-bond donors (Lipinski definition) is 3. The van der Waals surface area contributed by atoms with Gasteiger partial charge in [-0.3, -0.25) is 4.98 Å². The van der Waals surface area contributed by atoms with Crippen molar-refractivity contribution in [2.75, 3.05) is 17.2 Å². The molecule has 0 amide bonds. The highest BCUT2D eigenvalue weighted by atomic mass is 14.7.